The summed E-state index contributed by atoms with van der Waals surface area (Å²) in [5.74, 6) is 0.648. The van der Waals surface area contributed by atoms with Crippen molar-refractivity contribution in [2.24, 2.45) is 5.92 Å². The average molecular weight is 230 g/mol. The van der Waals surface area contributed by atoms with Crippen LogP contribution < -0.4 is 0 Å². The third-order valence-electron chi connectivity index (χ3n) is 2.95. The van der Waals surface area contributed by atoms with E-state index in [1.165, 1.54) is 19.3 Å². The summed E-state index contributed by atoms with van der Waals surface area (Å²) >= 11 is 3.62. The Kier molecular flexibility index (Phi) is 3.48. The zero-order valence-electron chi connectivity index (χ0n) is 8.86. The Hall–Kier alpha value is 0.370. The predicted octanol–water partition coefficient (Wildman–Crippen LogP) is 3.33. The van der Waals surface area contributed by atoms with Crippen LogP contribution in [0.1, 0.15) is 39.5 Å². The molecule has 2 rings (SSSR count). The van der Waals surface area contributed by atoms with E-state index in [1.54, 1.807) is 11.8 Å². The second-order valence-electron chi connectivity index (χ2n) is 4.70. The molecule has 0 unspecified atom stereocenters. The summed E-state index contributed by atoms with van der Waals surface area (Å²) < 4.78 is 0. The van der Waals surface area contributed by atoms with E-state index in [9.17, 15) is 4.79 Å². The van der Waals surface area contributed by atoms with Crippen LogP contribution >= 0.6 is 23.5 Å². The number of thioether (sulfide) groups is 2. The maximum Gasteiger partial charge on any atom is 0.202 e. The zero-order valence-corrected chi connectivity index (χ0v) is 10.5. The lowest BCUT2D eigenvalue weighted by Gasteiger charge is -2.30. The van der Waals surface area contributed by atoms with E-state index in [-0.39, 0.29) is 0 Å². The summed E-state index contributed by atoms with van der Waals surface area (Å²) in [6, 6.07) is 0. The van der Waals surface area contributed by atoms with E-state index in [0.29, 0.717) is 21.5 Å². The monoisotopic (exact) mass is 230 g/mol. The van der Waals surface area contributed by atoms with Crippen molar-refractivity contribution in [2.45, 2.75) is 55.3 Å². The van der Waals surface area contributed by atoms with Gasteiger partial charge in [0.2, 0.25) is 5.12 Å². The van der Waals surface area contributed by atoms with Crippen LogP contribution in [-0.2, 0) is 4.79 Å². The first-order chi connectivity index (χ1) is 6.66. The van der Waals surface area contributed by atoms with Crippen molar-refractivity contribution in [3.05, 3.63) is 0 Å². The van der Waals surface area contributed by atoms with Crippen molar-refractivity contribution in [2.75, 3.05) is 0 Å². The lowest BCUT2D eigenvalue weighted by Crippen LogP contribution is -2.31. The van der Waals surface area contributed by atoms with E-state index in [0.717, 1.165) is 11.7 Å². The zero-order chi connectivity index (χ0) is 10.1. The molecule has 1 nitrogen and oxygen atoms in total. The Morgan fingerprint density at radius 2 is 2.07 bits per heavy atom. The summed E-state index contributed by atoms with van der Waals surface area (Å²) in [6.07, 6.45) is 5.00. The van der Waals surface area contributed by atoms with Gasteiger partial charge in [-0.25, -0.2) is 0 Å². The normalized spacial score (nSPS) is 37.6. The quantitative estimate of drug-likeness (QED) is 0.724. The van der Waals surface area contributed by atoms with Gasteiger partial charge in [0, 0.05) is 10.5 Å². The minimum atomic E-state index is 0.291. The van der Waals surface area contributed by atoms with Gasteiger partial charge in [-0.1, -0.05) is 32.0 Å². The van der Waals surface area contributed by atoms with Gasteiger partial charge in [-0.15, -0.1) is 11.8 Å². The van der Waals surface area contributed by atoms with Crippen molar-refractivity contribution in [1.82, 2.24) is 0 Å². The Morgan fingerprint density at radius 1 is 1.36 bits per heavy atom. The first-order valence-electron chi connectivity index (χ1n) is 5.53. The highest BCUT2D eigenvalue weighted by Crippen LogP contribution is 2.46. The second-order valence-corrected chi connectivity index (χ2v) is 7.39. The van der Waals surface area contributed by atoms with Gasteiger partial charge < -0.3 is 0 Å². The van der Waals surface area contributed by atoms with Crippen molar-refractivity contribution < 1.29 is 4.79 Å². The van der Waals surface area contributed by atoms with Crippen molar-refractivity contribution in [3.8, 4) is 0 Å². The van der Waals surface area contributed by atoms with Gasteiger partial charge in [-0.3, -0.25) is 4.79 Å². The standard InChI is InChI=1S/C11H18OS2/c1-7(2)6-10-11(12)14-9-5-3-4-8(9)13-10/h7-10H,3-6H2,1-2H3/t8-,9+,10+/m0/s1. The molecule has 1 saturated heterocycles. The second kappa shape index (κ2) is 4.48. The summed E-state index contributed by atoms with van der Waals surface area (Å²) in [5.41, 5.74) is 0. The van der Waals surface area contributed by atoms with E-state index in [4.69, 9.17) is 0 Å². The van der Waals surface area contributed by atoms with Gasteiger partial charge in [0.15, 0.2) is 0 Å². The third kappa shape index (κ3) is 2.30. The largest absolute Gasteiger partial charge is 0.286 e. The van der Waals surface area contributed by atoms with Crippen LogP contribution in [0.2, 0.25) is 0 Å². The fourth-order valence-electron chi connectivity index (χ4n) is 2.25. The molecular formula is C11H18OS2. The van der Waals surface area contributed by atoms with Crippen molar-refractivity contribution in [3.63, 3.8) is 0 Å². The van der Waals surface area contributed by atoms with Gasteiger partial charge in [0.1, 0.15) is 0 Å². The maximum atomic E-state index is 11.8. The van der Waals surface area contributed by atoms with Crippen LogP contribution in [0.5, 0.6) is 0 Å². The molecule has 0 spiro atoms. The highest BCUT2D eigenvalue weighted by Gasteiger charge is 2.39. The lowest BCUT2D eigenvalue weighted by molar-refractivity contribution is -0.110. The molecule has 1 aliphatic carbocycles. The summed E-state index contributed by atoms with van der Waals surface area (Å²) in [6.45, 7) is 4.42. The van der Waals surface area contributed by atoms with E-state index in [1.807, 2.05) is 11.8 Å². The van der Waals surface area contributed by atoms with Crippen LogP contribution in [-0.4, -0.2) is 20.9 Å². The molecule has 80 valence electrons. The van der Waals surface area contributed by atoms with Gasteiger partial charge in [-0.05, 0) is 25.2 Å². The van der Waals surface area contributed by atoms with E-state index in [2.05, 4.69) is 13.8 Å². The Labute approximate surface area is 94.8 Å². The van der Waals surface area contributed by atoms with Gasteiger partial charge >= 0.3 is 0 Å². The number of hydrogen-bond donors (Lipinski definition) is 0. The molecule has 1 aliphatic heterocycles. The first kappa shape index (κ1) is 10.9. The molecule has 14 heavy (non-hydrogen) atoms. The molecular weight excluding hydrogens is 212 g/mol. The predicted molar refractivity (Wildman–Crippen MR) is 64.9 cm³/mol. The molecule has 1 heterocycles. The maximum absolute atomic E-state index is 11.8. The minimum absolute atomic E-state index is 0.291. The summed E-state index contributed by atoms with van der Waals surface area (Å²) in [7, 11) is 0. The van der Waals surface area contributed by atoms with Crippen molar-refractivity contribution >= 4 is 28.6 Å². The smallest absolute Gasteiger partial charge is 0.202 e. The Bertz CT molecular complexity index is 227. The highest BCUT2D eigenvalue weighted by molar-refractivity contribution is 8.19. The number of hydrogen-bond acceptors (Lipinski definition) is 3. The highest BCUT2D eigenvalue weighted by atomic mass is 32.2. The number of rotatable bonds is 2. The SMILES string of the molecule is CC(C)C[C@H]1S[C@H]2CCC[C@H]2SC1=O. The van der Waals surface area contributed by atoms with Crippen molar-refractivity contribution in [1.29, 1.82) is 0 Å². The molecule has 3 atom stereocenters. The lowest BCUT2D eigenvalue weighted by atomic mass is 10.1. The summed E-state index contributed by atoms with van der Waals surface area (Å²) in [4.78, 5) is 11.8. The van der Waals surface area contributed by atoms with Crippen LogP contribution in [0, 0.1) is 5.92 Å². The van der Waals surface area contributed by atoms with E-state index < -0.39 is 0 Å². The molecule has 2 aliphatic rings. The van der Waals surface area contributed by atoms with E-state index >= 15 is 0 Å². The molecule has 1 saturated carbocycles. The third-order valence-corrected chi connectivity index (χ3v) is 6.30. The molecule has 0 N–H and O–H groups in total. The molecule has 0 aromatic carbocycles. The topological polar surface area (TPSA) is 17.1 Å². The van der Waals surface area contributed by atoms with Crippen LogP contribution in [0.4, 0.5) is 0 Å². The first-order valence-corrected chi connectivity index (χ1v) is 7.35. The molecule has 0 radical (unpaired) electrons. The molecule has 0 aromatic rings. The average Bonchev–Trinajstić information content (AvgIpc) is 2.51. The van der Waals surface area contributed by atoms with Crippen LogP contribution in [0.15, 0.2) is 0 Å². The van der Waals surface area contributed by atoms with Gasteiger partial charge in [0.05, 0.1) is 5.25 Å². The van der Waals surface area contributed by atoms with Crippen LogP contribution in [0.25, 0.3) is 0 Å². The Morgan fingerprint density at radius 3 is 2.79 bits per heavy atom. The van der Waals surface area contributed by atoms with Gasteiger partial charge in [0.25, 0.3) is 0 Å². The fourth-order valence-corrected chi connectivity index (χ4v) is 5.71. The molecule has 0 bridgehead atoms. The number of carbonyl (C=O) groups is 1. The van der Waals surface area contributed by atoms with Gasteiger partial charge in [-0.2, -0.15) is 0 Å². The molecule has 2 fully saturated rings. The van der Waals surface area contributed by atoms with Crippen LogP contribution in [0.3, 0.4) is 0 Å². The summed E-state index contributed by atoms with van der Waals surface area (Å²) in [5, 5.41) is 2.17. The number of carbonyl (C=O) groups excluding carboxylic acids is 1. The fraction of sp³-hybridized carbons (Fsp3) is 0.909. The Balaban J connectivity index is 1.96. The minimum Gasteiger partial charge on any atom is -0.286 e. The molecule has 0 amide bonds. The number of fused-ring (bicyclic) bond motifs is 1. The molecule has 0 aromatic heterocycles. The molecule has 3 heteroatoms.